The van der Waals surface area contributed by atoms with E-state index in [9.17, 15) is 4.79 Å². The summed E-state index contributed by atoms with van der Waals surface area (Å²) in [5.74, 6) is 1.55. The van der Waals surface area contributed by atoms with Crippen molar-refractivity contribution in [2.75, 3.05) is 34.5 Å². The van der Waals surface area contributed by atoms with E-state index in [4.69, 9.17) is 18.9 Å². The normalized spacial score (nSPS) is 18.7. The van der Waals surface area contributed by atoms with Crippen molar-refractivity contribution in [2.45, 2.75) is 6.10 Å². The third-order valence-electron chi connectivity index (χ3n) is 2.98. The quantitative estimate of drug-likeness (QED) is 0.878. The lowest BCUT2D eigenvalue weighted by molar-refractivity contribution is -0.133. The van der Waals surface area contributed by atoms with Crippen LogP contribution in [0.15, 0.2) is 12.1 Å². The maximum absolute atomic E-state index is 11.1. The molecule has 0 saturated carbocycles. The lowest BCUT2D eigenvalue weighted by Crippen LogP contribution is -2.38. The molecule has 1 amide bonds. The van der Waals surface area contributed by atoms with Crippen LogP contribution in [0.1, 0.15) is 11.7 Å². The van der Waals surface area contributed by atoms with E-state index in [1.165, 1.54) is 0 Å². The van der Waals surface area contributed by atoms with Gasteiger partial charge in [0.2, 0.25) is 11.7 Å². The van der Waals surface area contributed by atoms with Gasteiger partial charge in [0.05, 0.1) is 21.3 Å². The van der Waals surface area contributed by atoms with E-state index in [1.807, 2.05) is 6.07 Å². The van der Waals surface area contributed by atoms with E-state index in [1.54, 1.807) is 27.4 Å². The van der Waals surface area contributed by atoms with Gasteiger partial charge in [-0.3, -0.25) is 4.79 Å². The number of rotatable bonds is 4. The van der Waals surface area contributed by atoms with Gasteiger partial charge in [0, 0.05) is 12.1 Å². The Kier molecular flexibility index (Phi) is 4.11. The number of morpholine rings is 1. The Morgan fingerprint density at radius 1 is 1.16 bits per heavy atom. The molecular weight excluding hydrogens is 250 g/mol. The van der Waals surface area contributed by atoms with Crippen LogP contribution in [-0.4, -0.2) is 40.4 Å². The zero-order valence-corrected chi connectivity index (χ0v) is 11.2. The smallest absolute Gasteiger partial charge is 0.246 e. The minimum absolute atomic E-state index is 0.0438. The average molecular weight is 267 g/mol. The molecule has 2 rings (SSSR count). The first-order chi connectivity index (χ1) is 9.21. The second kappa shape index (κ2) is 5.79. The molecule has 1 aromatic rings. The van der Waals surface area contributed by atoms with Crippen LogP contribution >= 0.6 is 0 Å². The Labute approximate surface area is 111 Å². The number of methoxy groups -OCH3 is 3. The Balaban J connectivity index is 2.37. The summed E-state index contributed by atoms with van der Waals surface area (Å²) in [6.07, 6.45) is -0.257. The van der Waals surface area contributed by atoms with Crippen molar-refractivity contribution < 1.29 is 23.7 Å². The molecule has 1 atom stereocenters. The van der Waals surface area contributed by atoms with Gasteiger partial charge in [-0.2, -0.15) is 0 Å². The number of hydrogen-bond donors (Lipinski definition) is 1. The monoisotopic (exact) mass is 267 g/mol. The van der Waals surface area contributed by atoms with Crippen LogP contribution in [0, 0.1) is 0 Å². The predicted molar refractivity (Wildman–Crippen MR) is 67.8 cm³/mol. The minimum atomic E-state index is -0.257. The molecule has 6 heteroatoms. The number of hydrogen-bond acceptors (Lipinski definition) is 5. The number of nitrogens with one attached hydrogen (secondary N) is 1. The maximum Gasteiger partial charge on any atom is 0.246 e. The van der Waals surface area contributed by atoms with Gasteiger partial charge in [0.1, 0.15) is 12.7 Å². The van der Waals surface area contributed by atoms with Gasteiger partial charge in [0.15, 0.2) is 11.5 Å². The topological polar surface area (TPSA) is 66.0 Å². The van der Waals surface area contributed by atoms with Gasteiger partial charge >= 0.3 is 0 Å². The summed E-state index contributed by atoms with van der Waals surface area (Å²) in [4.78, 5) is 11.1. The van der Waals surface area contributed by atoms with Crippen LogP contribution in [0.3, 0.4) is 0 Å². The summed E-state index contributed by atoms with van der Waals surface area (Å²) < 4.78 is 21.4. The summed E-state index contributed by atoms with van der Waals surface area (Å²) in [6.45, 7) is 0.451. The van der Waals surface area contributed by atoms with Crippen molar-refractivity contribution in [3.63, 3.8) is 0 Å². The third-order valence-corrected chi connectivity index (χ3v) is 2.98. The lowest BCUT2D eigenvalue weighted by Gasteiger charge is -2.26. The molecule has 1 unspecified atom stereocenters. The highest BCUT2D eigenvalue weighted by Crippen LogP contribution is 2.42. The highest BCUT2D eigenvalue weighted by atomic mass is 16.5. The largest absolute Gasteiger partial charge is 0.493 e. The molecule has 0 bridgehead atoms. The molecular formula is C13H17NO5. The fourth-order valence-corrected chi connectivity index (χ4v) is 2.07. The highest BCUT2D eigenvalue weighted by molar-refractivity contribution is 5.78. The first-order valence-corrected chi connectivity index (χ1v) is 5.88. The van der Waals surface area contributed by atoms with Crippen molar-refractivity contribution in [3.05, 3.63) is 17.7 Å². The van der Waals surface area contributed by atoms with Crippen LogP contribution in [-0.2, 0) is 9.53 Å². The van der Waals surface area contributed by atoms with Gasteiger partial charge in [0.25, 0.3) is 0 Å². The van der Waals surface area contributed by atoms with E-state index in [0.717, 1.165) is 5.56 Å². The van der Waals surface area contributed by atoms with Crippen LogP contribution in [0.5, 0.6) is 17.2 Å². The van der Waals surface area contributed by atoms with E-state index < -0.39 is 0 Å². The van der Waals surface area contributed by atoms with Crippen molar-refractivity contribution in [3.8, 4) is 17.2 Å². The Hall–Kier alpha value is -1.95. The molecule has 1 saturated heterocycles. The molecule has 0 radical (unpaired) electrons. The molecule has 104 valence electrons. The van der Waals surface area contributed by atoms with Gasteiger partial charge < -0.3 is 24.3 Å². The minimum Gasteiger partial charge on any atom is -0.493 e. The summed E-state index contributed by atoms with van der Waals surface area (Å²) in [7, 11) is 4.67. The first kappa shape index (κ1) is 13.5. The predicted octanol–water partition coefficient (Wildman–Crippen LogP) is 0.900. The van der Waals surface area contributed by atoms with E-state index >= 15 is 0 Å². The van der Waals surface area contributed by atoms with Gasteiger partial charge in [-0.25, -0.2) is 0 Å². The number of carbonyl (C=O) groups excluding carboxylic acids is 1. The second-order valence-corrected chi connectivity index (χ2v) is 4.03. The van der Waals surface area contributed by atoms with Crippen molar-refractivity contribution in [1.29, 1.82) is 0 Å². The highest BCUT2D eigenvalue weighted by Gasteiger charge is 2.26. The SMILES string of the molecule is COc1ccc(C2CNC(=O)CO2)c(OC)c1OC. The third kappa shape index (κ3) is 2.58. The molecule has 1 fully saturated rings. The van der Waals surface area contributed by atoms with Crippen LogP contribution in [0.25, 0.3) is 0 Å². The second-order valence-electron chi connectivity index (χ2n) is 4.03. The number of carbonyl (C=O) groups is 1. The Bertz CT molecular complexity index is 464. The Morgan fingerprint density at radius 3 is 2.42 bits per heavy atom. The molecule has 0 spiro atoms. The fourth-order valence-electron chi connectivity index (χ4n) is 2.07. The standard InChI is InChI=1S/C13H17NO5/c1-16-9-5-4-8(12(17-2)13(9)18-3)10-6-14-11(15)7-19-10/h4-5,10H,6-7H2,1-3H3,(H,14,15). The molecule has 1 aromatic carbocycles. The van der Waals surface area contributed by atoms with Gasteiger partial charge in [-0.1, -0.05) is 0 Å². The number of benzene rings is 1. The molecule has 1 N–H and O–H groups in total. The summed E-state index contributed by atoms with van der Waals surface area (Å²) in [5, 5.41) is 2.76. The molecule has 0 aromatic heterocycles. The van der Waals surface area contributed by atoms with Crippen molar-refractivity contribution in [1.82, 2.24) is 5.32 Å². The van der Waals surface area contributed by atoms with E-state index in [2.05, 4.69) is 5.32 Å². The summed E-state index contributed by atoms with van der Waals surface area (Å²) >= 11 is 0. The number of ether oxygens (including phenoxy) is 4. The average Bonchev–Trinajstić information content (AvgIpc) is 2.46. The van der Waals surface area contributed by atoms with Gasteiger partial charge in [-0.05, 0) is 12.1 Å². The Morgan fingerprint density at radius 2 is 1.89 bits per heavy atom. The van der Waals surface area contributed by atoms with Crippen LogP contribution in [0.2, 0.25) is 0 Å². The van der Waals surface area contributed by atoms with Crippen LogP contribution in [0.4, 0.5) is 0 Å². The molecule has 0 aliphatic carbocycles. The van der Waals surface area contributed by atoms with Crippen molar-refractivity contribution in [2.24, 2.45) is 0 Å². The molecule has 1 heterocycles. The van der Waals surface area contributed by atoms with Crippen LogP contribution < -0.4 is 19.5 Å². The zero-order chi connectivity index (χ0) is 13.8. The molecule has 1 aliphatic heterocycles. The van der Waals surface area contributed by atoms with E-state index in [-0.39, 0.29) is 18.6 Å². The summed E-state index contributed by atoms with van der Waals surface area (Å²) in [5.41, 5.74) is 0.820. The fraction of sp³-hybridized carbons (Fsp3) is 0.462. The maximum atomic E-state index is 11.1. The first-order valence-electron chi connectivity index (χ1n) is 5.88. The zero-order valence-electron chi connectivity index (χ0n) is 11.2. The summed E-state index contributed by atoms with van der Waals surface area (Å²) in [6, 6.07) is 3.64. The molecule has 19 heavy (non-hydrogen) atoms. The molecule has 1 aliphatic rings. The lowest BCUT2D eigenvalue weighted by atomic mass is 10.1. The number of amides is 1. The van der Waals surface area contributed by atoms with Gasteiger partial charge in [-0.15, -0.1) is 0 Å². The molecule has 6 nitrogen and oxygen atoms in total. The van der Waals surface area contributed by atoms with Crippen molar-refractivity contribution >= 4 is 5.91 Å². The van der Waals surface area contributed by atoms with E-state index in [0.29, 0.717) is 23.8 Å².